The lowest BCUT2D eigenvalue weighted by Crippen LogP contribution is -2.21. The second-order valence-corrected chi connectivity index (χ2v) is 3.07. The molecule has 0 saturated carbocycles. The van der Waals surface area contributed by atoms with E-state index in [9.17, 15) is 26.7 Å². The van der Waals surface area contributed by atoms with Gasteiger partial charge in [0.05, 0.1) is 13.3 Å². The van der Waals surface area contributed by atoms with Crippen molar-refractivity contribution in [1.82, 2.24) is 4.98 Å². The van der Waals surface area contributed by atoms with E-state index in [1.807, 2.05) is 0 Å². The van der Waals surface area contributed by atoms with Gasteiger partial charge in [-0.1, -0.05) is 0 Å². The summed E-state index contributed by atoms with van der Waals surface area (Å²) in [6.07, 6.45) is -8.33. The normalized spacial score (nSPS) is 11.5. The third-order valence-electron chi connectivity index (χ3n) is 1.86. The standard InChI is InChI=1S/C9H6F5NO4/c1-18-8(17)4-5(7(10)11)15-2-3(16)6(4)19-9(12,13)14/h2,7,16H,1H3. The molecule has 0 fully saturated rings. The molecule has 0 unspecified atom stereocenters. The van der Waals surface area contributed by atoms with Gasteiger partial charge in [0.25, 0.3) is 6.43 Å². The fraction of sp³-hybridized carbons (Fsp3) is 0.333. The van der Waals surface area contributed by atoms with Crippen LogP contribution < -0.4 is 4.74 Å². The molecule has 1 N–H and O–H groups in total. The number of aromatic hydroxyl groups is 1. The molecule has 0 spiro atoms. The number of aromatic nitrogens is 1. The lowest BCUT2D eigenvalue weighted by atomic mass is 10.1. The summed E-state index contributed by atoms with van der Waals surface area (Å²) >= 11 is 0. The Hall–Kier alpha value is -2.13. The van der Waals surface area contributed by atoms with Crippen molar-refractivity contribution >= 4 is 5.97 Å². The molecule has 0 saturated heterocycles. The summed E-state index contributed by atoms with van der Waals surface area (Å²) in [5.41, 5.74) is -2.57. The topological polar surface area (TPSA) is 68.7 Å². The van der Waals surface area contributed by atoms with E-state index < -0.39 is 41.5 Å². The molecular weight excluding hydrogens is 281 g/mol. The van der Waals surface area contributed by atoms with Crippen LogP contribution in [-0.4, -0.2) is 29.5 Å². The molecule has 0 atom stereocenters. The highest BCUT2D eigenvalue weighted by molar-refractivity contribution is 5.94. The van der Waals surface area contributed by atoms with Crippen molar-refractivity contribution in [2.45, 2.75) is 12.8 Å². The van der Waals surface area contributed by atoms with E-state index in [2.05, 4.69) is 14.5 Å². The Bertz CT molecular complexity index is 488. The van der Waals surface area contributed by atoms with Crippen LogP contribution in [0.5, 0.6) is 11.5 Å². The molecule has 0 aliphatic rings. The summed E-state index contributed by atoms with van der Waals surface area (Å²) in [5, 5.41) is 9.17. The zero-order valence-electron chi connectivity index (χ0n) is 9.16. The van der Waals surface area contributed by atoms with Crippen LogP contribution in [0.4, 0.5) is 22.0 Å². The number of esters is 1. The summed E-state index contributed by atoms with van der Waals surface area (Å²) in [7, 11) is 0.763. The van der Waals surface area contributed by atoms with E-state index in [4.69, 9.17) is 5.11 Å². The Morgan fingerprint density at radius 3 is 2.42 bits per heavy atom. The first-order valence-corrected chi connectivity index (χ1v) is 4.51. The molecule has 0 radical (unpaired) electrons. The average molecular weight is 287 g/mol. The predicted molar refractivity (Wildman–Crippen MR) is 48.9 cm³/mol. The van der Waals surface area contributed by atoms with E-state index in [1.54, 1.807) is 0 Å². The first kappa shape index (κ1) is 14.9. The lowest BCUT2D eigenvalue weighted by molar-refractivity contribution is -0.275. The molecule has 1 aromatic rings. The molecule has 5 nitrogen and oxygen atoms in total. The zero-order valence-corrected chi connectivity index (χ0v) is 9.16. The summed E-state index contributed by atoms with van der Waals surface area (Å²) in [6, 6.07) is 0. The molecule has 1 aromatic heterocycles. The third kappa shape index (κ3) is 3.42. The lowest BCUT2D eigenvalue weighted by Gasteiger charge is -2.15. The van der Waals surface area contributed by atoms with Gasteiger partial charge in [-0.3, -0.25) is 4.98 Å². The molecule has 1 rings (SSSR count). The molecule has 0 aliphatic heterocycles. The first-order chi connectivity index (χ1) is 8.67. The van der Waals surface area contributed by atoms with Crippen LogP contribution in [0.3, 0.4) is 0 Å². The van der Waals surface area contributed by atoms with Crippen molar-refractivity contribution in [3.05, 3.63) is 17.5 Å². The van der Waals surface area contributed by atoms with Crippen LogP contribution in [0.15, 0.2) is 6.20 Å². The van der Waals surface area contributed by atoms with Gasteiger partial charge in [0.2, 0.25) is 0 Å². The number of hydrogen-bond acceptors (Lipinski definition) is 5. The Morgan fingerprint density at radius 2 is 2.00 bits per heavy atom. The van der Waals surface area contributed by atoms with Gasteiger partial charge in [-0.05, 0) is 0 Å². The maximum absolute atomic E-state index is 12.6. The number of carbonyl (C=O) groups excluding carboxylic acids is 1. The number of methoxy groups -OCH3 is 1. The number of pyridine rings is 1. The first-order valence-electron chi connectivity index (χ1n) is 4.51. The summed E-state index contributed by atoms with van der Waals surface area (Å²) in [4.78, 5) is 14.2. The fourth-order valence-corrected chi connectivity index (χ4v) is 1.18. The maximum atomic E-state index is 12.6. The van der Waals surface area contributed by atoms with Gasteiger partial charge in [-0.15, -0.1) is 13.2 Å². The van der Waals surface area contributed by atoms with Crippen molar-refractivity contribution in [1.29, 1.82) is 0 Å². The second-order valence-electron chi connectivity index (χ2n) is 3.07. The van der Waals surface area contributed by atoms with Crippen LogP contribution in [0.2, 0.25) is 0 Å². The Morgan fingerprint density at radius 1 is 1.42 bits per heavy atom. The predicted octanol–water partition coefficient (Wildman–Crippen LogP) is 2.41. The highest BCUT2D eigenvalue weighted by atomic mass is 19.4. The number of carbonyl (C=O) groups is 1. The second kappa shape index (κ2) is 5.24. The quantitative estimate of drug-likeness (QED) is 0.683. The minimum atomic E-state index is -5.29. The summed E-state index contributed by atoms with van der Waals surface area (Å²) in [6.45, 7) is 0. The van der Waals surface area contributed by atoms with Crippen LogP contribution >= 0.6 is 0 Å². The van der Waals surface area contributed by atoms with E-state index in [0.717, 1.165) is 7.11 Å². The molecule has 10 heteroatoms. The van der Waals surface area contributed by atoms with Crippen LogP contribution in [0, 0.1) is 0 Å². The molecule has 19 heavy (non-hydrogen) atoms. The van der Waals surface area contributed by atoms with Crippen LogP contribution in [0.1, 0.15) is 22.5 Å². The summed E-state index contributed by atoms with van der Waals surface area (Å²) < 4.78 is 68.9. The highest BCUT2D eigenvalue weighted by Crippen LogP contribution is 2.38. The molecule has 1 heterocycles. The van der Waals surface area contributed by atoms with Crippen molar-refractivity contribution in [3.63, 3.8) is 0 Å². The van der Waals surface area contributed by atoms with Crippen LogP contribution in [0.25, 0.3) is 0 Å². The van der Waals surface area contributed by atoms with Gasteiger partial charge in [0, 0.05) is 0 Å². The van der Waals surface area contributed by atoms with Gasteiger partial charge >= 0.3 is 12.3 Å². The van der Waals surface area contributed by atoms with Gasteiger partial charge in [-0.2, -0.15) is 0 Å². The molecule has 0 amide bonds. The summed E-state index contributed by atoms with van der Waals surface area (Å²) in [5.74, 6) is -4.25. The third-order valence-corrected chi connectivity index (χ3v) is 1.86. The number of hydrogen-bond donors (Lipinski definition) is 1. The maximum Gasteiger partial charge on any atom is 0.573 e. The van der Waals surface area contributed by atoms with Crippen molar-refractivity contribution in [2.75, 3.05) is 7.11 Å². The van der Waals surface area contributed by atoms with Gasteiger partial charge in [0.15, 0.2) is 11.5 Å². The number of rotatable bonds is 3. The largest absolute Gasteiger partial charge is 0.573 e. The number of ether oxygens (including phenoxy) is 2. The number of alkyl halides is 5. The molecular formula is C9H6F5NO4. The Labute approximate surface area is 102 Å². The van der Waals surface area contributed by atoms with Gasteiger partial charge in [-0.25, -0.2) is 13.6 Å². The van der Waals surface area contributed by atoms with E-state index in [1.165, 1.54) is 0 Å². The van der Waals surface area contributed by atoms with Gasteiger partial charge in [0.1, 0.15) is 11.3 Å². The average Bonchev–Trinajstić information content (AvgIpc) is 2.28. The Balaban J connectivity index is 3.49. The molecule has 0 aliphatic carbocycles. The molecule has 0 aromatic carbocycles. The molecule has 0 bridgehead atoms. The Kier molecular flexibility index (Phi) is 4.12. The fourth-order valence-electron chi connectivity index (χ4n) is 1.18. The van der Waals surface area contributed by atoms with E-state index in [-0.39, 0.29) is 0 Å². The minimum Gasteiger partial charge on any atom is -0.503 e. The molecule has 106 valence electrons. The van der Waals surface area contributed by atoms with Crippen molar-refractivity contribution in [2.24, 2.45) is 0 Å². The van der Waals surface area contributed by atoms with Crippen molar-refractivity contribution < 1.29 is 41.3 Å². The number of halogens is 5. The van der Waals surface area contributed by atoms with E-state index in [0.29, 0.717) is 6.20 Å². The van der Waals surface area contributed by atoms with Crippen LogP contribution in [-0.2, 0) is 4.74 Å². The van der Waals surface area contributed by atoms with Gasteiger partial charge < -0.3 is 14.6 Å². The highest BCUT2D eigenvalue weighted by Gasteiger charge is 2.37. The monoisotopic (exact) mass is 287 g/mol. The number of nitrogens with zero attached hydrogens (tertiary/aromatic N) is 1. The van der Waals surface area contributed by atoms with Crippen molar-refractivity contribution in [3.8, 4) is 11.5 Å². The smallest absolute Gasteiger partial charge is 0.503 e. The van der Waals surface area contributed by atoms with E-state index >= 15 is 0 Å². The zero-order chi connectivity index (χ0) is 14.8. The minimum absolute atomic E-state index is 0.314. The SMILES string of the molecule is COC(=O)c1c(C(F)F)ncc(O)c1OC(F)(F)F.